The Labute approximate surface area is 774 Å². The van der Waals surface area contributed by atoms with Crippen LogP contribution in [0.3, 0.4) is 0 Å². The number of hydrogen-bond acceptors (Lipinski definition) is 25. The number of nitrogens with one attached hydrogen (secondary N) is 2. The zero-order valence-electron chi connectivity index (χ0n) is 77.2. The zero-order chi connectivity index (χ0) is 95.2. The van der Waals surface area contributed by atoms with Crippen molar-refractivity contribution in [1.29, 1.82) is 0 Å². The van der Waals surface area contributed by atoms with Gasteiger partial charge in [-0.05, 0) is 249 Å². The number of likely N-dealkylation sites (tertiary alicyclic amines) is 1. The number of benzene rings is 7. The molecule has 0 saturated carbocycles. The van der Waals surface area contributed by atoms with Crippen LogP contribution in [0.25, 0.3) is 6.08 Å². The van der Waals surface area contributed by atoms with Crippen LogP contribution < -0.4 is 49.5 Å². The number of carbonyl (C=O) groups is 6. The molecule has 0 spiro atoms. The quantitative estimate of drug-likeness (QED) is 0.0108. The largest absolute Gasteiger partial charge is 0.497 e. The van der Waals surface area contributed by atoms with E-state index in [4.69, 9.17) is 72.3 Å². The molecular formula is C99H131I2N5O21. The van der Waals surface area contributed by atoms with Crippen LogP contribution >= 0.6 is 37.2 Å². The third kappa shape index (κ3) is 44.2. The van der Waals surface area contributed by atoms with Crippen LogP contribution in [0.15, 0.2) is 211 Å². The van der Waals surface area contributed by atoms with Crippen molar-refractivity contribution in [3.05, 3.63) is 250 Å². The normalized spacial score (nSPS) is 16.2. The molecule has 10 rings (SSSR count). The molecule has 692 valence electrons. The summed E-state index contributed by atoms with van der Waals surface area (Å²) in [6.45, 7) is 30.0. The molecule has 0 radical (unpaired) electrons. The van der Waals surface area contributed by atoms with Crippen LogP contribution in [0.2, 0.25) is 0 Å². The first-order chi connectivity index (χ1) is 61.0. The van der Waals surface area contributed by atoms with Crippen LogP contribution in [0.4, 0.5) is 4.79 Å². The fourth-order valence-electron chi connectivity index (χ4n) is 13.7. The minimum absolute atomic E-state index is 0.103. The van der Waals surface area contributed by atoms with E-state index >= 15 is 0 Å². The maximum Gasteiger partial charge on any atom is 0.410 e. The number of methoxy groups -OCH3 is 7. The van der Waals surface area contributed by atoms with Crippen LogP contribution in [0, 0.1) is 11.8 Å². The van der Waals surface area contributed by atoms with Crippen LogP contribution in [-0.4, -0.2) is 159 Å². The Kier molecular flexibility index (Phi) is 59.4. The SMILES string of the molecule is CCOC(=O)/C=C(/C)NCc1ccc(OC)cc1.CCOC(=O)C1=C(C)N(Cc2ccc(OC)cc2)C=CC1c1ccc(OC)cc1.CCOC(=O)CC(C)=O.CC[C@H]1[C@@H](C)N(C(=O)OC(C)(C)C)CC[C@H]1c1ccc(OC)cc1.CC[C@H]1[C@@H](C)NCC[C@H]1c1ccc(OC)cc1.COc1ccc(/C=C/C=O)cc1.COc1ccc(CN)cc1.II.O=C=O.O=C=O. The van der Waals surface area contributed by atoms with E-state index in [1.165, 1.54) is 43.0 Å². The lowest BCUT2D eigenvalue weighted by Gasteiger charge is -2.44. The highest BCUT2D eigenvalue weighted by Gasteiger charge is 2.39. The minimum Gasteiger partial charge on any atom is -0.497 e. The fourth-order valence-corrected chi connectivity index (χ4v) is 13.7. The lowest BCUT2D eigenvalue weighted by atomic mass is 9.75. The number of carbonyl (C=O) groups excluding carboxylic acids is 10. The molecule has 2 saturated heterocycles. The number of halogens is 2. The highest BCUT2D eigenvalue weighted by atomic mass is 128. The number of nitrogens with zero attached hydrogens (tertiary/aromatic N) is 2. The highest BCUT2D eigenvalue weighted by molar-refractivity contribution is 15.0. The molecule has 2 fully saturated rings. The summed E-state index contributed by atoms with van der Waals surface area (Å²) in [5.41, 5.74) is 15.5. The van der Waals surface area contributed by atoms with Gasteiger partial charge >= 0.3 is 36.3 Å². The molecule has 0 aliphatic carbocycles. The molecule has 26 nitrogen and oxygen atoms in total. The Balaban J connectivity index is 0.000000753. The summed E-state index contributed by atoms with van der Waals surface area (Å²) in [6, 6.07) is 56.4. The zero-order valence-corrected chi connectivity index (χ0v) is 81.5. The summed E-state index contributed by atoms with van der Waals surface area (Å²) in [4.78, 5) is 104. The third-order valence-electron chi connectivity index (χ3n) is 20.0. The molecule has 3 aliphatic rings. The average molecular weight is 1980 g/mol. The van der Waals surface area contributed by atoms with Crippen LogP contribution in [0.1, 0.15) is 179 Å². The Bertz CT molecular complexity index is 4440. The van der Waals surface area contributed by atoms with E-state index in [9.17, 15) is 28.8 Å². The molecule has 3 aliphatic heterocycles. The first kappa shape index (κ1) is 114. The van der Waals surface area contributed by atoms with Crippen molar-refractivity contribution in [3.63, 3.8) is 0 Å². The molecule has 4 N–H and O–H groups in total. The summed E-state index contributed by atoms with van der Waals surface area (Å²) >= 11 is 4.24. The van der Waals surface area contributed by atoms with Gasteiger partial charge in [0, 0.05) is 105 Å². The van der Waals surface area contributed by atoms with Crippen LogP contribution in [-0.2, 0) is 81.7 Å². The Morgan fingerprint density at radius 2 is 0.953 bits per heavy atom. The molecule has 7 atom stereocenters. The van der Waals surface area contributed by atoms with Crippen molar-refractivity contribution >= 4 is 91.7 Å². The van der Waals surface area contributed by atoms with Crippen molar-refractivity contribution in [2.45, 2.75) is 177 Å². The second-order valence-corrected chi connectivity index (χ2v) is 29.4. The summed E-state index contributed by atoms with van der Waals surface area (Å²) in [5.74, 6) is 6.93. The number of esters is 3. The highest BCUT2D eigenvalue weighted by Crippen LogP contribution is 2.41. The molecule has 3 heterocycles. The number of aldehydes is 1. The number of rotatable bonds is 27. The average Bonchev–Trinajstić information content (AvgIpc) is 0.792. The van der Waals surface area contributed by atoms with E-state index in [1.54, 1.807) is 69.7 Å². The summed E-state index contributed by atoms with van der Waals surface area (Å²) in [5, 5.41) is 6.73. The Morgan fingerprint density at radius 1 is 0.551 bits per heavy atom. The molecule has 1 unspecified atom stereocenters. The van der Waals surface area contributed by atoms with Gasteiger partial charge in [-0.3, -0.25) is 14.4 Å². The van der Waals surface area contributed by atoms with Crippen molar-refractivity contribution < 1.29 is 100 Å². The van der Waals surface area contributed by atoms with Gasteiger partial charge in [-0.25, -0.2) is 14.4 Å². The smallest absolute Gasteiger partial charge is 0.410 e. The lowest BCUT2D eigenvalue weighted by molar-refractivity contribution is -0.193. The predicted octanol–water partition coefficient (Wildman–Crippen LogP) is 19.1. The number of nitrogens with two attached hydrogens (primary N) is 1. The van der Waals surface area contributed by atoms with Gasteiger partial charge in [-0.15, -0.1) is 0 Å². The molecule has 0 aromatic heterocycles. The summed E-state index contributed by atoms with van der Waals surface area (Å²) < 4.78 is 56.3. The first-order valence-corrected chi connectivity index (χ1v) is 48.0. The van der Waals surface area contributed by atoms with Gasteiger partial charge in [0.2, 0.25) is 0 Å². The number of allylic oxidation sites excluding steroid dienone is 4. The standard InChI is InChI=1S/C24H27NO4.C20H31NO3.C15H23NO.C14H19NO3.C10H10O2.C8H11NO.C6H10O3.2CO2.I2/c1-5-29-24(26)23-17(2)25(16-18-6-10-20(27-3)11-7-18)15-14-22(23)19-8-12-21(28-4)13-9-19;1-7-17-14(2)21(19(22)24-20(3,4)5)13-12-18(17)15-8-10-16(23-6)11-9-15;1-4-14-11(2)16-10-9-15(14)12-5-7-13(17-3)8-6-12;1-4-18-14(16)9-11(2)15-10-12-5-7-13(17-3)8-6-12;1-12-10-6-4-9(5-7-10)3-2-8-11;1-10-8-4-2-7(6-9)3-5-8;1-3-9-6(8)4-5(2)7;2*2-1-3;1-2/h6-15,22H,5,16H2,1-4H3;8-11,14,17-18H,7,12-13H2,1-6H3;5-8,11,14-16H,4,9-10H2,1-3H3;5-9,15H,4,10H2,1-3H3;2-8H,1H3;2-5H,6,9H2,1H3;3-4H2,1-2H3;;;/b;;;11-9-;3-2+;;;;;/t;14-,17+,18+;11-,14+,15+;;;;;;;/m.11......./s1. The van der Waals surface area contributed by atoms with Crippen molar-refractivity contribution in [2.75, 3.05) is 82.7 Å². The molecular weight excluding hydrogens is 1850 g/mol. The van der Waals surface area contributed by atoms with Gasteiger partial charge in [0.05, 0.1) is 75.2 Å². The molecule has 7 aromatic carbocycles. The van der Waals surface area contributed by atoms with Crippen molar-refractivity contribution in [2.24, 2.45) is 17.6 Å². The van der Waals surface area contributed by atoms with E-state index in [0.29, 0.717) is 68.8 Å². The van der Waals surface area contributed by atoms with Gasteiger partial charge in [0.25, 0.3) is 0 Å². The molecule has 7 aromatic rings. The first-order valence-electron chi connectivity index (χ1n) is 41.7. The molecule has 127 heavy (non-hydrogen) atoms. The molecule has 0 bridgehead atoms. The summed E-state index contributed by atoms with van der Waals surface area (Å²) in [7, 11) is 11.6. The number of ketones is 1. The fraction of sp³-hybridized carbons (Fsp3) is 0.414. The van der Waals surface area contributed by atoms with Gasteiger partial charge in [0.1, 0.15) is 64.3 Å². The Hall–Kier alpha value is -11.1. The van der Waals surface area contributed by atoms with E-state index < -0.39 is 11.6 Å². The van der Waals surface area contributed by atoms with E-state index in [0.717, 1.165) is 118 Å². The predicted molar refractivity (Wildman–Crippen MR) is 510 cm³/mol. The topological polar surface area (TPSA) is 329 Å². The van der Waals surface area contributed by atoms with Crippen LogP contribution in [0.5, 0.6) is 40.2 Å². The van der Waals surface area contributed by atoms with E-state index in [1.807, 2.05) is 192 Å². The van der Waals surface area contributed by atoms with E-state index in [2.05, 4.69) is 122 Å². The minimum atomic E-state index is -0.453. The lowest BCUT2D eigenvalue weighted by Crippen LogP contribution is -2.50. The number of ether oxygens (including phenoxy) is 11. The van der Waals surface area contributed by atoms with Gasteiger partial charge in [-0.2, -0.15) is 19.2 Å². The maximum atomic E-state index is 12.8. The monoisotopic (exact) mass is 1980 g/mol. The second kappa shape index (κ2) is 66.3. The maximum absolute atomic E-state index is 12.8. The number of piperidine rings is 2. The van der Waals surface area contributed by atoms with Gasteiger partial charge in [0.15, 0.2) is 0 Å². The van der Waals surface area contributed by atoms with Gasteiger partial charge < -0.3 is 78.3 Å². The molecule has 28 heteroatoms. The number of hydrogen-bond donors (Lipinski definition) is 3. The number of Topliss-reactive ketones (excluding diaryl/α,β-unsaturated/α-hetero) is 1. The van der Waals surface area contributed by atoms with Crippen molar-refractivity contribution in [3.8, 4) is 40.2 Å². The third-order valence-corrected chi connectivity index (χ3v) is 20.0. The summed E-state index contributed by atoms with van der Waals surface area (Å²) in [6.07, 6.45) is 14.2. The van der Waals surface area contributed by atoms with Crippen molar-refractivity contribution in [1.82, 2.24) is 20.4 Å². The second-order valence-electron chi connectivity index (χ2n) is 29.4. The Morgan fingerprint density at radius 3 is 1.35 bits per heavy atom. The molecule has 1 amide bonds. The number of amides is 1. The van der Waals surface area contributed by atoms with E-state index in [-0.39, 0.29) is 54.5 Å². The van der Waals surface area contributed by atoms with Gasteiger partial charge in [-0.1, -0.05) is 124 Å².